The number of fused-ring (bicyclic) bond motifs is 1. The Balaban J connectivity index is 2.07. The molecule has 4 nitrogen and oxygen atoms in total. The van der Waals surface area contributed by atoms with E-state index in [9.17, 15) is 0 Å². The van der Waals surface area contributed by atoms with Gasteiger partial charge in [-0.1, -0.05) is 29.5 Å². The van der Waals surface area contributed by atoms with Crippen molar-refractivity contribution in [1.82, 2.24) is 10.2 Å². The van der Waals surface area contributed by atoms with E-state index < -0.39 is 0 Å². The summed E-state index contributed by atoms with van der Waals surface area (Å²) >= 11 is 1.57. The normalized spacial score (nSPS) is 11.1. The molecule has 0 saturated heterocycles. The van der Waals surface area contributed by atoms with Crippen molar-refractivity contribution in [3.05, 3.63) is 35.5 Å². The molecular weight excluding hydrogens is 234 g/mol. The van der Waals surface area contributed by atoms with E-state index in [0.29, 0.717) is 6.54 Å². The van der Waals surface area contributed by atoms with Crippen molar-refractivity contribution in [3.8, 4) is 10.6 Å². The van der Waals surface area contributed by atoms with E-state index in [1.54, 1.807) is 17.6 Å². The number of nitrogens with zero attached hydrogens (tertiary/aromatic N) is 2. The molecule has 2 heterocycles. The molecule has 0 aliphatic carbocycles. The minimum atomic E-state index is 0.598. The van der Waals surface area contributed by atoms with Crippen LogP contribution in [0.15, 0.2) is 34.9 Å². The monoisotopic (exact) mass is 245 g/mol. The van der Waals surface area contributed by atoms with Crippen LogP contribution in [0.2, 0.25) is 0 Å². The lowest BCUT2D eigenvalue weighted by Gasteiger charge is -1.90. The molecule has 0 aliphatic heterocycles. The quantitative estimate of drug-likeness (QED) is 0.769. The topological polar surface area (TPSA) is 64.9 Å². The van der Waals surface area contributed by atoms with E-state index in [1.807, 2.05) is 24.3 Å². The molecule has 3 rings (SSSR count). The van der Waals surface area contributed by atoms with Gasteiger partial charge in [-0.3, -0.25) is 0 Å². The summed E-state index contributed by atoms with van der Waals surface area (Å²) in [7, 11) is 0. The van der Waals surface area contributed by atoms with Crippen LogP contribution in [0.1, 0.15) is 5.01 Å². The second kappa shape index (κ2) is 4.27. The van der Waals surface area contributed by atoms with Crippen LogP contribution in [0, 0.1) is 0 Å². The summed E-state index contributed by atoms with van der Waals surface area (Å²) in [6.45, 7) is 0.598. The number of nitrogens with two attached hydrogens (primary N) is 1. The van der Waals surface area contributed by atoms with E-state index in [0.717, 1.165) is 33.0 Å². The van der Waals surface area contributed by atoms with Gasteiger partial charge in [-0.2, -0.15) is 0 Å². The van der Waals surface area contributed by atoms with Crippen LogP contribution in [-0.2, 0) is 6.42 Å². The summed E-state index contributed by atoms with van der Waals surface area (Å²) in [5, 5.41) is 11.2. The van der Waals surface area contributed by atoms with E-state index in [-0.39, 0.29) is 0 Å². The third kappa shape index (κ3) is 1.83. The van der Waals surface area contributed by atoms with Crippen molar-refractivity contribution in [3.63, 3.8) is 0 Å². The van der Waals surface area contributed by atoms with Gasteiger partial charge < -0.3 is 10.2 Å². The highest BCUT2D eigenvalue weighted by Gasteiger charge is 2.12. The largest absolute Gasteiger partial charge is 0.464 e. The predicted molar refractivity (Wildman–Crippen MR) is 67.9 cm³/mol. The minimum absolute atomic E-state index is 0.598. The first-order valence-corrected chi connectivity index (χ1v) is 6.19. The van der Waals surface area contributed by atoms with Gasteiger partial charge in [-0.15, -0.1) is 10.2 Å². The number of aromatic nitrogens is 2. The van der Waals surface area contributed by atoms with Gasteiger partial charge in [0.2, 0.25) is 0 Å². The maximum Gasteiger partial charge on any atom is 0.151 e. The SMILES string of the molecule is NCCc1nnc(-c2coc3ccccc23)s1. The van der Waals surface area contributed by atoms with Crippen molar-refractivity contribution >= 4 is 22.3 Å². The lowest BCUT2D eigenvalue weighted by atomic mass is 10.2. The molecule has 2 N–H and O–H groups in total. The maximum absolute atomic E-state index is 5.50. The van der Waals surface area contributed by atoms with Crippen molar-refractivity contribution in [2.45, 2.75) is 6.42 Å². The van der Waals surface area contributed by atoms with Gasteiger partial charge in [0.1, 0.15) is 16.9 Å². The fourth-order valence-corrected chi connectivity index (χ4v) is 2.60. The lowest BCUT2D eigenvalue weighted by molar-refractivity contribution is 0.617. The Morgan fingerprint density at radius 1 is 1.24 bits per heavy atom. The third-order valence-corrected chi connectivity index (χ3v) is 3.55. The zero-order valence-electron chi connectivity index (χ0n) is 9.09. The number of furan rings is 1. The number of benzene rings is 1. The van der Waals surface area contributed by atoms with Gasteiger partial charge in [0.05, 0.1) is 5.56 Å². The summed E-state index contributed by atoms with van der Waals surface area (Å²) in [6, 6.07) is 7.91. The zero-order valence-corrected chi connectivity index (χ0v) is 9.91. The Labute approximate surface area is 102 Å². The van der Waals surface area contributed by atoms with Crippen LogP contribution in [0.4, 0.5) is 0 Å². The Kier molecular flexibility index (Phi) is 2.62. The molecule has 0 bridgehead atoms. The minimum Gasteiger partial charge on any atom is -0.464 e. The first-order chi connectivity index (χ1) is 8.38. The van der Waals surface area contributed by atoms with E-state index in [4.69, 9.17) is 10.2 Å². The highest BCUT2D eigenvalue weighted by Crippen LogP contribution is 2.32. The van der Waals surface area contributed by atoms with Gasteiger partial charge >= 0.3 is 0 Å². The van der Waals surface area contributed by atoms with Crippen LogP contribution in [-0.4, -0.2) is 16.7 Å². The molecule has 0 aliphatic rings. The molecular formula is C12H11N3OS. The Morgan fingerprint density at radius 2 is 2.12 bits per heavy atom. The molecule has 0 amide bonds. The lowest BCUT2D eigenvalue weighted by Crippen LogP contribution is -2.01. The molecule has 0 radical (unpaired) electrons. The number of para-hydroxylation sites is 1. The molecule has 0 saturated carbocycles. The van der Waals surface area contributed by atoms with Crippen LogP contribution in [0.25, 0.3) is 21.5 Å². The predicted octanol–water partition coefficient (Wildman–Crippen LogP) is 2.45. The average molecular weight is 245 g/mol. The molecule has 17 heavy (non-hydrogen) atoms. The van der Waals surface area contributed by atoms with Gasteiger partial charge in [0.15, 0.2) is 5.01 Å². The second-order valence-corrected chi connectivity index (χ2v) is 4.75. The fraction of sp³-hybridized carbons (Fsp3) is 0.167. The highest BCUT2D eigenvalue weighted by atomic mass is 32.1. The Morgan fingerprint density at radius 3 is 3.00 bits per heavy atom. The standard InChI is InChI=1S/C12H11N3OS/c13-6-5-11-14-15-12(17-11)9-7-16-10-4-2-1-3-8(9)10/h1-4,7H,5-6,13H2. The number of rotatable bonds is 3. The maximum atomic E-state index is 5.50. The Bertz CT molecular complexity index is 644. The molecule has 86 valence electrons. The molecule has 0 spiro atoms. The average Bonchev–Trinajstić information content (AvgIpc) is 2.95. The molecule has 2 aromatic heterocycles. The van der Waals surface area contributed by atoms with Crippen molar-refractivity contribution < 1.29 is 4.42 Å². The van der Waals surface area contributed by atoms with Crippen LogP contribution in [0.5, 0.6) is 0 Å². The summed E-state index contributed by atoms with van der Waals surface area (Å²) < 4.78 is 5.49. The molecule has 5 heteroatoms. The second-order valence-electron chi connectivity index (χ2n) is 3.69. The highest BCUT2D eigenvalue weighted by molar-refractivity contribution is 7.14. The summed E-state index contributed by atoms with van der Waals surface area (Å²) in [4.78, 5) is 0. The summed E-state index contributed by atoms with van der Waals surface area (Å²) in [5.41, 5.74) is 7.37. The smallest absolute Gasteiger partial charge is 0.151 e. The molecule has 0 fully saturated rings. The Hall–Kier alpha value is -1.72. The van der Waals surface area contributed by atoms with Gasteiger partial charge in [-0.05, 0) is 12.6 Å². The number of hydrogen-bond donors (Lipinski definition) is 1. The van der Waals surface area contributed by atoms with E-state index >= 15 is 0 Å². The van der Waals surface area contributed by atoms with Crippen molar-refractivity contribution in [2.24, 2.45) is 5.73 Å². The van der Waals surface area contributed by atoms with Crippen molar-refractivity contribution in [1.29, 1.82) is 0 Å². The van der Waals surface area contributed by atoms with Gasteiger partial charge in [0.25, 0.3) is 0 Å². The van der Waals surface area contributed by atoms with Crippen LogP contribution < -0.4 is 5.73 Å². The van der Waals surface area contributed by atoms with Crippen LogP contribution in [0.3, 0.4) is 0 Å². The van der Waals surface area contributed by atoms with E-state index in [1.165, 1.54) is 0 Å². The van der Waals surface area contributed by atoms with Crippen LogP contribution >= 0.6 is 11.3 Å². The molecule has 3 aromatic rings. The number of hydrogen-bond acceptors (Lipinski definition) is 5. The summed E-state index contributed by atoms with van der Waals surface area (Å²) in [6.07, 6.45) is 2.50. The molecule has 0 atom stereocenters. The van der Waals surface area contributed by atoms with Gasteiger partial charge in [0, 0.05) is 11.8 Å². The molecule has 0 unspecified atom stereocenters. The van der Waals surface area contributed by atoms with E-state index in [2.05, 4.69) is 10.2 Å². The molecule has 1 aromatic carbocycles. The third-order valence-electron chi connectivity index (χ3n) is 2.54. The fourth-order valence-electron chi connectivity index (χ4n) is 1.73. The summed E-state index contributed by atoms with van der Waals surface area (Å²) in [5.74, 6) is 0. The first-order valence-electron chi connectivity index (χ1n) is 5.37. The zero-order chi connectivity index (χ0) is 11.7. The van der Waals surface area contributed by atoms with Gasteiger partial charge in [-0.25, -0.2) is 0 Å². The van der Waals surface area contributed by atoms with Crippen molar-refractivity contribution in [2.75, 3.05) is 6.54 Å². The first kappa shape index (κ1) is 10.4.